The summed E-state index contributed by atoms with van der Waals surface area (Å²) in [5.74, 6) is 0. The van der Waals surface area contributed by atoms with Crippen LogP contribution in [-0.4, -0.2) is 18.6 Å². The van der Waals surface area contributed by atoms with E-state index in [0.29, 0.717) is 5.13 Å². The summed E-state index contributed by atoms with van der Waals surface area (Å²) in [6.07, 6.45) is 0. The van der Waals surface area contributed by atoms with E-state index in [1.807, 2.05) is 66.1 Å². The molecule has 0 atom stereocenters. The van der Waals surface area contributed by atoms with Crippen LogP contribution in [0.3, 0.4) is 0 Å². The van der Waals surface area contributed by atoms with Crippen LogP contribution in [0.4, 0.5) is 0 Å². The van der Waals surface area contributed by atoms with Gasteiger partial charge in [-0.15, -0.1) is 0 Å². The Morgan fingerprint density at radius 1 is 0.857 bits per heavy atom. The van der Waals surface area contributed by atoms with E-state index in [0.717, 1.165) is 39.4 Å². The predicted molar refractivity (Wildman–Crippen MR) is 108 cm³/mol. The number of aryl methyl sites for hydroxylation is 1. The van der Waals surface area contributed by atoms with Gasteiger partial charge in [0.05, 0.1) is 5.10 Å². The standard InChI is InChI=1S/C20H17N4O2S2/c1-14-12-17(15-8-4-2-5-9-15)13-18(16-10-6-3-7-11-16)24(14)19-22-23-20(27-19)28(21,25)26/h2-13H,1H3,(H2,21,25,26)/q+1. The zero-order valence-corrected chi connectivity index (χ0v) is 16.6. The topological polar surface area (TPSA) is 89.8 Å². The van der Waals surface area contributed by atoms with Crippen LogP contribution in [0.15, 0.2) is 77.1 Å². The fourth-order valence-corrected chi connectivity index (χ4v) is 4.51. The number of sulfonamides is 1. The van der Waals surface area contributed by atoms with Crippen molar-refractivity contribution in [3.05, 3.63) is 78.5 Å². The molecule has 0 spiro atoms. The zero-order chi connectivity index (χ0) is 19.7. The average molecular weight is 410 g/mol. The Hall–Kier alpha value is -2.94. The lowest BCUT2D eigenvalue weighted by molar-refractivity contribution is -0.590. The molecule has 0 aliphatic carbocycles. The first-order valence-corrected chi connectivity index (χ1v) is 10.8. The minimum Gasteiger partial charge on any atom is -0.222 e. The minimum atomic E-state index is -3.90. The Labute approximate surface area is 167 Å². The maximum absolute atomic E-state index is 11.6. The fraction of sp³-hybridized carbons (Fsp3) is 0.0500. The van der Waals surface area contributed by atoms with E-state index in [9.17, 15) is 8.42 Å². The normalized spacial score (nSPS) is 11.5. The summed E-state index contributed by atoms with van der Waals surface area (Å²) in [5, 5.41) is 13.5. The van der Waals surface area contributed by atoms with Gasteiger partial charge in [0, 0.05) is 5.56 Å². The average Bonchev–Trinajstić information content (AvgIpc) is 3.19. The highest BCUT2D eigenvalue weighted by molar-refractivity contribution is 7.91. The number of hydrogen-bond donors (Lipinski definition) is 1. The van der Waals surface area contributed by atoms with Crippen LogP contribution in [0.2, 0.25) is 0 Å². The monoisotopic (exact) mass is 409 g/mol. The summed E-state index contributed by atoms with van der Waals surface area (Å²) in [4.78, 5) is 0. The summed E-state index contributed by atoms with van der Waals surface area (Å²) in [5.41, 5.74) is 4.92. The second kappa shape index (κ2) is 7.23. The van der Waals surface area contributed by atoms with Gasteiger partial charge in [0.15, 0.2) is 0 Å². The van der Waals surface area contributed by atoms with Crippen LogP contribution in [0, 0.1) is 6.92 Å². The molecule has 6 nitrogen and oxygen atoms in total. The van der Waals surface area contributed by atoms with Crippen LogP contribution in [0.25, 0.3) is 27.5 Å². The predicted octanol–water partition coefficient (Wildman–Crippen LogP) is 3.10. The van der Waals surface area contributed by atoms with Crippen molar-refractivity contribution in [3.8, 4) is 27.5 Å². The molecule has 0 saturated heterocycles. The molecule has 0 amide bonds. The first kappa shape index (κ1) is 18.4. The Balaban J connectivity index is 1.97. The van der Waals surface area contributed by atoms with Crippen LogP contribution in [-0.2, 0) is 10.0 Å². The molecule has 2 aromatic carbocycles. The van der Waals surface area contributed by atoms with Gasteiger partial charge in [-0.05, 0) is 46.6 Å². The van der Waals surface area contributed by atoms with Crippen LogP contribution < -0.4 is 9.71 Å². The van der Waals surface area contributed by atoms with E-state index >= 15 is 0 Å². The van der Waals surface area contributed by atoms with E-state index in [4.69, 9.17) is 5.14 Å². The van der Waals surface area contributed by atoms with Crippen molar-refractivity contribution in [2.45, 2.75) is 11.3 Å². The summed E-state index contributed by atoms with van der Waals surface area (Å²) < 4.78 is 25.0. The van der Waals surface area contributed by atoms with E-state index in [1.165, 1.54) is 0 Å². The Kier molecular flexibility index (Phi) is 4.76. The second-order valence-electron chi connectivity index (χ2n) is 6.23. The minimum absolute atomic E-state index is 0.208. The molecular weight excluding hydrogens is 392 g/mol. The van der Waals surface area contributed by atoms with Gasteiger partial charge in [-0.3, -0.25) is 0 Å². The van der Waals surface area contributed by atoms with E-state index in [-0.39, 0.29) is 4.34 Å². The lowest BCUT2D eigenvalue weighted by Crippen LogP contribution is -2.37. The summed E-state index contributed by atoms with van der Waals surface area (Å²) >= 11 is 0.945. The molecule has 4 aromatic rings. The highest BCUT2D eigenvalue weighted by Crippen LogP contribution is 2.27. The highest BCUT2D eigenvalue weighted by atomic mass is 32.2. The molecular formula is C20H17N4O2S2+. The number of primary sulfonamides is 1. The first-order chi connectivity index (χ1) is 13.4. The van der Waals surface area contributed by atoms with Gasteiger partial charge in [0.2, 0.25) is 0 Å². The van der Waals surface area contributed by atoms with E-state index in [2.05, 4.69) is 28.4 Å². The SMILES string of the molecule is Cc1cc(-c2ccccc2)cc(-c2ccccc2)[n+]1-c1nnc(S(N)(=O)=O)s1. The quantitative estimate of drug-likeness (QED) is 0.525. The zero-order valence-electron chi connectivity index (χ0n) is 15.0. The molecule has 2 N–H and O–H groups in total. The smallest absolute Gasteiger partial charge is 0.222 e. The molecule has 0 saturated carbocycles. The van der Waals surface area contributed by atoms with E-state index < -0.39 is 10.0 Å². The number of aromatic nitrogens is 3. The molecule has 2 aromatic heterocycles. The number of nitrogens with two attached hydrogens (primary N) is 1. The summed E-state index contributed by atoms with van der Waals surface area (Å²) in [6, 6.07) is 24.1. The van der Waals surface area contributed by atoms with Crippen molar-refractivity contribution in [1.29, 1.82) is 0 Å². The first-order valence-electron chi connectivity index (χ1n) is 8.48. The van der Waals surface area contributed by atoms with Gasteiger partial charge < -0.3 is 0 Å². The highest BCUT2D eigenvalue weighted by Gasteiger charge is 2.27. The van der Waals surface area contributed by atoms with Crippen molar-refractivity contribution < 1.29 is 13.0 Å². The lowest BCUT2D eigenvalue weighted by Gasteiger charge is -2.11. The van der Waals surface area contributed by atoms with Crippen LogP contribution >= 0.6 is 11.3 Å². The lowest BCUT2D eigenvalue weighted by atomic mass is 10.0. The number of pyridine rings is 1. The molecule has 0 unspecified atom stereocenters. The second-order valence-corrected chi connectivity index (χ2v) is 8.92. The van der Waals surface area contributed by atoms with Crippen molar-refractivity contribution in [2.24, 2.45) is 5.14 Å². The summed E-state index contributed by atoms with van der Waals surface area (Å²) in [7, 11) is -3.90. The Morgan fingerprint density at radius 2 is 1.46 bits per heavy atom. The van der Waals surface area contributed by atoms with Gasteiger partial charge in [-0.25, -0.2) is 13.6 Å². The molecule has 0 aliphatic rings. The van der Waals surface area contributed by atoms with Gasteiger partial charge >= 0.3 is 5.13 Å². The molecule has 0 radical (unpaired) electrons. The largest absolute Gasteiger partial charge is 0.416 e. The van der Waals surface area contributed by atoms with Gasteiger partial charge in [0.25, 0.3) is 14.4 Å². The Bertz CT molecular complexity index is 1240. The molecule has 8 heteroatoms. The Morgan fingerprint density at radius 3 is 2.04 bits per heavy atom. The van der Waals surface area contributed by atoms with Crippen LogP contribution in [0.5, 0.6) is 0 Å². The van der Waals surface area contributed by atoms with E-state index in [1.54, 1.807) is 0 Å². The molecule has 2 heterocycles. The molecule has 0 aliphatic heterocycles. The van der Waals surface area contributed by atoms with Crippen LogP contribution in [0.1, 0.15) is 5.69 Å². The molecule has 0 bridgehead atoms. The number of nitrogens with zero attached hydrogens (tertiary/aromatic N) is 3. The molecule has 140 valence electrons. The third-order valence-corrected chi connectivity index (χ3v) is 6.48. The number of rotatable bonds is 4. The maximum atomic E-state index is 11.6. The van der Waals surface area contributed by atoms with Crippen molar-refractivity contribution in [2.75, 3.05) is 0 Å². The number of benzene rings is 2. The third kappa shape index (κ3) is 3.57. The van der Waals surface area contributed by atoms with Crippen molar-refractivity contribution in [1.82, 2.24) is 10.2 Å². The molecule has 0 fully saturated rings. The molecule has 4 rings (SSSR count). The summed E-state index contributed by atoms with van der Waals surface area (Å²) in [6.45, 7) is 1.96. The van der Waals surface area contributed by atoms with Crippen molar-refractivity contribution >= 4 is 21.4 Å². The van der Waals surface area contributed by atoms with Crippen molar-refractivity contribution in [3.63, 3.8) is 0 Å². The third-order valence-electron chi connectivity index (χ3n) is 4.26. The molecule has 28 heavy (non-hydrogen) atoms. The maximum Gasteiger partial charge on any atom is 0.416 e. The van der Waals surface area contributed by atoms with Gasteiger partial charge in [-0.2, -0.15) is 4.57 Å². The van der Waals surface area contributed by atoms with Gasteiger partial charge in [0.1, 0.15) is 11.4 Å². The fourth-order valence-electron chi connectivity index (χ4n) is 3.01. The number of hydrogen-bond acceptors (Lipinski definition) is 5. The van der Waals surface area contributed by atoms with Gasteiger partial charge in [-0.1, -0.05) is 60.7 Å².